The van der Waals surface area contributed by atoms with E-state index in [-0.39, 0.29) is 11.3 Å². The molecule has 0 heterocycles. The predicted molar refractivity (Wildman–Crippen MR) is 92.4 cm³/mol. The SMILES string of the molecule is CCCc1ccc(N(c2ccccc2)S(C)(=O)=O)c(C(N)=O)c1. The lowest BCUT2D eigenvalue weighted by Crippen LogP contribution is -2.27. The molecule has 0 spiro atoms. The van der Waals surface area contributed by atoms with Gasteiger partial charge in [0.15, 0.2) is 0 Å². The quantitative estimate of drug-likeness (QED) is 0.883. The molecule has 0 aliphatic heterocycles. The molecule has 2 N–H and O–H groups in total. The lowest BCUT2D eigenvalue weighted by Gasteiger charge is -2.24. The Morgan fingerprint density at radius 1 is 1.13 bits per heavy atom. The summed E-state index contributed by atoms with van der Waals surface area (Å²) < 4.78 is 25.7. The van der Waals surface area contributed by atoms with Crippen LogP contribution in [0.1, 0.15) is 29.3 Å². The highest BCUT2D eigenvalue weighted by Crippen LogP contribution is 2.32. The normalized spacial score (nSPS) is 11.2. The summed E-state index contributed by atoms with van der Waals surface area (Å²) in [6.07, 6.45) is 2.82. The summed E-state index contributed by atoms with van der Waals surface area (Å²) in [6, 6.07) is 13.8. The van der Waals surface area contributed by atoms with Crippen LogP contribution in [0, 0.1) is 0 Å². The van der Waals surface area contributed by atoms with Gasteiger partial charge in [-0.25, -0.2) is 12.7 Å². The van der Waals surface area contributed by atoms with Gasteiger partial charge in [-0.15, -0.1) is 0 Å². The van der Waals surface area contributed by atoms with Crippen molar-refractivity contribution in [2.24, 2.45) is 5.73 Å². The van der Waals surface area contributed by atoms with Gasteiger partial charge in [-0.2, -0.15) is 0 Å². The Kier molecular flexibility index (Phi) is 5.05. The first kappa shape index (κ1) is 17.0. The molecule has 2 aromatic rings. The van der Waals surface area contributed by atoms with E-state index in [1.807, 2.05) is 13.0 Å². The number of hydrogen-bond acceptors (Lipinski definition) is 3. The van der Waals surface area contributed by atoms with E-state index in [1.165, 1.54) is 0 Å². The zero-order chi connectivity index (χ0) is 17.0. The van der Waals surface area contributed by atoms with Crippen molar-refractivity contribution in [3.05, 3.63) is 59.7 Å². The third kappa shape index (κ3) is 3.90. The van der Waals surface area contributed by atoms with Crippen molar-refractivity contribution in [2.75, 3.05) is 10.6 Å². The van der Waals surface area contributed by atoms with E-state index in [4.69, 9.17) is 5.73 Å². The van der Waals surface area contributed by atoms with Gasteiger partial charge >= 0.3 is 0 Å². The summed E-state index contributed by atoms with van der Waals surface area (Å²) in [6.45, 7) is 2.03. The molecular weight excluding hydrogens is 312 g/mol. The number of primary amides is 1. The number of amides is 1. The highest BCUT2D eigenvalue weighted by molar-refractivity contribution is 7.92. The number of anilines is 2. The number of benzene rings is 2. The Balaban J connectivity index is 2.66. The third-order valence-electron chi connectivity index (χ3n) is 3.41. The van der Waals surface area contributed by atoms with E-state index in [0.717, 1.165) is 29.0 Å². The molecule has 1 amide bonds. The maximum absolute atomic E-state index is 12.3. The summed E-state index contributed by atoms with van der Waals surface area (Å²) in [7, 11) is -3.63. The van der Waals surface area contributed by atoms with Crippen LogP contribution in [0.25, 0.3) is 0 Å². The second-order valence-corrected chi connectivity index (χ2v) is 7.16. The summed E-state index contributed by atoms with van der Waals surface area (Å²) in [5, 5.41) is 0. The Morgan fingerprint density at radius 3 is 2.30 bits per heavy atom. The maximum atomic E-state index is 12.3. The Hall–Kier alpha value is -2.34. The zero-order valence-electron chi connectivity index (χ0n) is 13.2. The minimum Gasteiger partial charge on any atom is -0.366 e. The minimum absolute atomic E-state index is 0.199. The fraction of sp³-hybridized carbons (Fsp3) is 0.235. The molecule has 5 nitrogen and oxygen atoms in total. The second kappa shape index (κ2) is 6.83. The summed E-state index contributed by atoms with van der Waals surface area (Å²) in [5.41, 5.74) is 7.36. The highest BCUT2D eigenvalue weighted by Gasteiger charge is 2.24. The smallest absolute Gasteiger partial charge is 0.250 e. The van der Waals surface area contributed by atoms with Crippen molar-refractivity contribution >= 4 is 27.3 Å². The third-order valence-corrected chi connectivity index (χ3v) is 4.48. The van der Waals surface area contributed by atoms with E-state index in [0.29, 0.717) is 5.69 Å². The molecule has 2 rings (SSSR count). The van der Waals surface area contributed by atoms with Crippen LogP contribution in [-0.2, 0) is 16.4 Å². The molecule has 0 saturated heterocycles. The molecule has 2 aromatic carbocycles. The molecule has 0 aliphatic carbocycles. The first-order chi connectivity index (χ1) is 10.8. The van der Waals surface area contributed by atoms with Crippen LogP contribution in [0.4, 0.5) is 11.4 Å². The number of rotatable bonds is 6. The van der Waals surface area contributed by atoms with Gasteiger partial charge in [0.25, 0.3) is 5.91 Å². The molecule has 0 atom stereocenters. The molecule has 0 aromatic heterocycles. The van der Waals surface area contributed by atoms with Gasteiger partial charge < -0.3 is 5.73 Å². The molecule has 0 aliphatic rings. The molecule has 0 bridgehead atoms. The average Bonchev–Trinajstić information content (AvgIpc) is 2.48. The molecular formula is C17H20N2O3S. The van der Waals surface area contributed by atoms with Gasteiger partial charge in [0.05, 0.1) is 23.2 Å². The Labute approximate surface area is 136 Å². The molecule has 0 unspecified atom stereocenters. The molecule has 0 fully saturated rings. The van der Waals surface area contributed by atoms with Gasteiger partial charge in [-0.3, -0.25) is 4.79 Å². The van der Waals surface area contributed by atoms with Crippen LogP contribution in [0.15, 0.2) is 48.5 Å². The van der Waals surface area contributed by atoms with Crippen LogP contribution < -0.4 is 10.0 Å². The number of nitrogens with zero attached hydrogens (tertiary/aromatic N) is 1. The number of hydrogen-bond donors (Lipinski definition) is 1. The fourth-order valence-corrected chi connectivity index (χ4v) is 3.50. The first-order valence-electron chi connectivity index (χ1n) is 7.32. The number of sulfonamides is 1. The largest absolute Gasteiger partial charge is 0.366 e. The van der Waals surface area contributed by atoms with Gasteiger partial charge in [0.1, 0.15) is 0 Å². The number of carbonyl (C=O) groups is 1. The van der Waals surface area contributed by atoms with Crippen molar-refractivity contribution < 1.29 is 13.2 Å². The van der Waals surface area contributed by atoms with Crippen molar-refractivity contribution in [3.8, 4) is 0 Å². The summed E-state index contributed by atoms with van der Waals surface area (Å²) in [4.78, 5) is 11.8. The van der Waals surface area contributed by atoms with Crippen LogP contribution in [0.3, 0.4) is 0 Å². The van der Waals surface area contributed by atoms with Crippen LogP contribution in [0.2, 0.25) is 0 Å². The first-order valence-corrected chi connectivity index (χ1v) is 9.17. The number of aryl methyl sites for hydroxylation is 1. The molecule has 0 saturated carbocycles. The Morgan fingerprint density at radius 2 is 1.78 bits per heavy atom. The molecule has 122 valence electrons. The van der Waals surface area contributed by atoms with Crippen molar-refractivity contribution in [1.29, 1.82) is 0 Å². The van der Waals surface area contributed by atoms with Crippen molar-refractivity contribution in [2.45, 2.75) is 19.8 Å². The maximum Gasteiger partial charge on any atom is 0.250 e. The van der Waals surface area contributed by atoms with Crippen LogP contribution in [-0.4, -0.2) is 20.6 Å². The van der Waals surface area contributed by atoms with Gasteiger partial charge in [-0.1, -0.05) is 37.6 Å². The van der Waals surface area contributed by atoms with E-state index in [1.54, 1.807) is 42.5 Å². The van der Waals surface area contributed by atoms with E-state index in [9.17, 15) is 13.2 Å². The topological polar surface area (TPSA) is 80.5 Å². The Bertz CT molecular complexity index is 802. The van der Waals surface area contributed by atoms with Gasteiger partial charge in [0, 0.05) is 0 Å². The predicted octanol–water partition coefficient (Wildman–Crippen LogP) is 2.84. The van der Waals surface area contributed by atoms with E-state index in [2.05, 4.69) is 0 Å². The highest BCUT2D eigenvalue weighted by atomic mass is 32.2. The number of nitrogens with two attached hydrogens (primary N) is 1. The lowest BCUT2D eigenvalue weighted by atomic mass is 10.0. The number of para-hydroxylation sites is 1. The average molecular weight is 332 g/mol. The monoisotopic (exact) mass is 332 g/mol. The number of carbonyl (C=O) groups excluding carboxylic acids is 1. The standard InChI is InChI=1S/C17H20N2O3S/c1-3-7-13-10-11-16(15(12-13)17(18)20)19(23(2,21)22)14-8-5-4-6-9-14/h4-6,8-12H,3,7H2,1-2H3,(H2,18,20). The minimum atomic E-state index is -3.63. The summed E-state index contributed by atoms with van der Waals surface area (Å²) in [5.74, 6) is -0.650. The lowest BCUT2D eigenvalue weighted by molar-refractivity contribution is 0.100. The van der Waals surface area contributed by atoms with Gasteiger partial charge in [0.2, 0.25) is 10.0 Å². The van der Waals surface area contributed by atoms with Gasteiger partial charge in [-0.05, 0) is 36.2 Å². The van der Waals surface area contributed by atoms with Crippen LogP contribution in [0.5, 0.6) is 0 Å². The van der Waals surface area contributed by atoms with Crippen LogP contribution >= 0.6 is 0 Å². The molecule has 6 heteroatoms. The second-order valence-electron chi connectivity index (χ2n) is 5.33. The summed E-state index contributed by atoms with van der Waals surface area (Å²) >= 11 is 0. The molecule has 23 heavy (non-hydrogen) atoms. The molecule has 0 radical (unpaired) electrons. The van der Waals surface area contributed by atoms with E-state index < -0.39 is 15.9 Å². The van der Waals surface area contributed by atoms with Crippen molar-refractivity contribution in [1.82, 2.24) is 0 Å². The van der Waals surface area contributed by atoms with Crippen molar-refractivity contribution in [3.63, 3.8) is 0 Å². The van der Waals surface area contributed by atoms with E-state index >= 15 is 0 Å². The fourth-order valence-electron chi connectivity index (χ4n) is 2.47. The zero-order valence-corrected chi connectivity index (χ0v) is 14.0.